The molecule has 0 bridgehead atoms. The van der Waals surface area contributed by atoms with Crippen molar-refractivity contribution >= 4 is 0 Å². The molecule has 2 atom stereocenters. The van der Waals surface area contributed by atoms with Crippen LogP contribution in [0.1, 0.15) is 19.3 Å². The minimum atomic E-state index is -0.487. The van der Waals surface area contributed by atoms with E-state index >= 15 is 0 Å². The molecule has 8 heavy (non-hydrogen) atoms. The zero-order chi connectivity index (χ0) is 5.98. The Morgan fingerprint density at radius 2 is 1.62 bits per heavy atom. The SMILES string of the molecule is OC1CCCC(O)N1. The van der Waals surface area contributed by atoms with Crippen molar-refractivity contribution in [2.45, 2.75) is 31.7 Å². The Kier molecular flexibility index (Phi) is 1.83. The molecule has 0 saturated carbocycles. The molecule has 0 amide bonds. The van der Waals surface area contributed by atoms with E-state index in [1.54, 1.807) is 0 Å². The van der Waals surface area contributed by atoms with Crippen molar-refractivity contribution in [3.8, 4) is 0 Å². The van der Waals surface area contributed by atoms with Gasteiger partial charge in [-0.1, -0.05) is 0 Å². The van der Waals surface area contributed by atoms with Gasteiger partial charge in [0.25, 0.3) is 0 Å². The van der Waals surface area contributed by atoms with Crippen molar-refractivity contribution in [3.63, 3.8) is 0 Å². The first-order chi connectivity index (χ1) is 3.79. The van der Waals surface area contributed by atoms with Crippen LogP contribution in [0.3, 0.4) is 0 Å². The fourth-order valence-corrected chi connectivity index (χ4v) is 0.893. The highest BCUT2D eigenvalue weighted by Crippen LogP contribution is 2.07. The highest BCUT2D eigenvalue weighted by atomic mass is 16.3. The minimum Gasteiger partial charge on any atom is -0.379 e. The molecule has 0 radical (unpaired) electrons. The Bertz CT molecular complexity index is 68.8. The van der Waals surface area contributed by atoms with E-state index in [2.05, 4.69) is 5.32 Å². The van der Waals surface area contributed by atoms with Crippen molar-refractivity contribution in [2.24, 2.45) is 0 Å². The van der Waals surface area contributed by atoms with Crippen LogP contribution in [0.15, 0.2) is 0 Å². The standard InChI is InChI=1S/C5H11NO2/c7-4-2-1-3-5(8)6-4/h4-8H,1-3H2. The van der Waals surface area contributed by atoms with Crippen molar-refractivity contribution in [3.05, 3.63) is 0 Å². The third kappa shape index (κ3) is 1.43. The average Bonchev–Trinajstić information content (AvgIpc) is 1.64. The molecule has 3 heteroatoms. The number of hydrogen-bond donors (Lipinski definition) is 3. The molecule has 2 unspecified atom stereocenters. The second-order valence-corrected chi connectivity index (χ2v) is 2.13. The molecule has 3 N–H and O–H groups in total. The van der Waals surface area contributed by atoms with Crippen molar-refractivity contribution in [1.29, 1.82) is 0 Å². The van der Waals surface area contributed by atoms with Crippen molar-refractivity contribution < 1.29 is 10.2 Å². The molecule has 0 aromatic carbocycles. The van der Waals surface area contributed by atoms with Gasteiger partial charge in [-0.05, 0) is 19.3 Å². The summed E-state index contributed by atoms with van der Waals surface area (Å²) < 4.78 is 0. The summed E-state index contributed by atoms with van der Waals surface area (Å²) in [5.74, 6) is 0. The number of aliphatic hydroxyl groups is 2. The third-order valence-corrected chi connectivity index (χ3v) is 1.34. The van der Waals surface area contributed by atoms with Gasteiger partial charge in [0.2, 0.25) is 0 Å². The summed E-state index contributed by atoms with van der Waals surface area (Å²) in [6.07, 6.45) is 1.46. The first kappa shape index (κ1) is 6.01. The van der Waals surface area contributed by atoms with Crippen LogP contribution in [0.25, 0.3) is 0 Å². The van der Waals surface area contributed by atoms with Crippen LogP contribution in [0.4, 0.5) is 0 Å². The largest absolute Gasteiger partial charge is 0.379 e. The van der Waals surface area contributed by atoms with Crippen molar-refractivity contribution in [2.75, 3.05) is 0 Å². The quantitative estimate of drug-likeness (QED) is 0.397. The van der Waals surface area contributed by atoms with Crippen LogP contribution in [0, 0.1) is 0 Å². The number of piperidine rings is 1. The number of rotatable bonds is 0. The molecule has 1 saturated heterocycles. The Morgan fingerprint density at radius 3 is 1.88 bits per heavy atom. The Balaban J connectivity index is 2.23. The van der Waals surface area contributed by atoms with Gasteiger partial charge in [-0.25, -0.2) is 0 Å². The summed E-state index contributed by atoms with van der Waals surface area (Å²) in [6, 6.07) is 0. The van der Waals surface area contributed by atoms with E-state index in [4.69, 9.17) is 10.2 Å². The maximum absolute atomic E-state index is 8.81. The summed E-state index contributed by atoms with van der Waals surface area (Å²) in [7, 11) is 0. The molecule has 1 aliphatic rings. The molecule has 1 rings (SSSR count). The van der Waals surface area contributed by atoms with E-state index in [-0.39, 0.29) is 0 Å². The van der Waals surface area contributed by atoms with Gasteiger partial charge in [-0.2, -0.15) is 0 Å². The molecule has 1 heterocycles. The zero-order valence-corrected chi connectivity index (χ0v) is 4.67. The van der Waals surface area contributed by atoms with Gasteiger partial charge < -0.3 is 10.2 Å². The summed E-state index contributed by atoms with van der Waals surface area (Å²) in [5, 5.41) is 20.2. The van der Waals surface area contributed by atoms with Crippen LogP contribution in [-0.2, 0) is 0 Å². The van der Waals surface area contributed by atoms with Gasteiger partial charge in [0.05, 0.1) is 0 Å². The summed E-state index contributed by atoms with van der Waals surface area (Å²) in [4.78, 5) is 0. The van der Waals surface area contributed by atoms with Gasteiger partial charge in [-0.3, -0.25) is 5.32 Å². The topological polar surface area (TPSA) is 52.5 Å². The molecule has 0 aliphatic carbocycles. The van der Waals surface area contributed by atoms with E-state index in [9.17, 15) is 0 Å². The van der Waals surface area contributed by atoms with Crippen molar-refractivity contribution in [1.82, 2.24) is 5.32 Å². The summed E-state index contributed by atoms with van der Waals surface area (Å²) in [5.41, 5.74) is 0. The lowest BCUT2D eigenvalue weighted by Crippen LogP contribution is -2.41. The molecule has 0 spiro atoms. The van der Waals surface area contributed by atoms with E-state index in [0.29, 0.717) is 0 Å². The van der Waals surface area contributed by atoms with Crippen LogP contribution in [0.5, 0.6) is 0 Å². The Labute approximate surface area is 48.3 Å². The predicted molar refractivity (Wildman–Crippen MR) is 29.0 cm³/mol. The minimum absolute atomic E-state index is 0.487. The number of hydrogen-bond acceptors (Lipinski definition) is 3. The van der Waals surface area contributed by atoms with Gasteiger partial charge in [0.1, 0.15) is 12.5 Å². The molecular formula is C5H11NO2. The summed E-state index contributed by atoms with van der Waals surface area (Å²) >= 11 is 0. The fraction of sp³-hybridized carbons (Fsp3) is 1.00. The molecule has 1 aliphatic heterocycles. The number of nitrogens with one attached hydrogen (secondary N) is 1. The zero-order valence-electron chi connectivity index (χ0n) is 4.67. The molecule has 0 aromatic rings. The van der Waals surface area contributed by atoms with E-state index in [1.165, 1.54) is 0 Å². The maximum atomic E-state index is 8.81. The molecule has 48 valence electrons. The van der Waals surface area contributed by atoms with Crippen LogP contribution < -0.4 is 5.32 Å². The van der Waals surface area contributed by atoms with Crippen LogP contribution >= 0.6 is 0 Å². The van der Waals surface area contributed by atoms with E-state index in [0.717, 1.165) is 19.3 Å². The first-order valence-corrected chi connectivity index (χ1v) is 2.91. The monoisotopic (exact) mass is 117 g/mol. The summed E-state index contributed by atoms with van der Waals surface area (Å²) in [6.45, 7) is 0. The Morgan fingerprint density at radius 1 is 1.12 bits per heavy atom. The van der Waals surface area contributed by atoms with Gasteiger partial charge in [-0.15, -0.1) is 0 Å². The highest BCUT2D eigenvalue weighted by Gasteiger charge is 2.14. The third-order valence-electron chi connectivity index (χ3n) is 1.34. The smallest absolute Gasteiger partial charge is 0.106 e. The maximum Gasteiger partial charge on any atom is 0.106 e. The second-order valence-electron chi connectivity index (χ2n) is 2.13. The van der Waals surface area contributed by atoms with E-state index in [1.807, 2.05) is 0 Å². The number of aliphatic hydroxyl groups excluding tert-OH is 2. The first-order valence-electron chi connectivity index (χ1n) is 2.91. The second kappa shape index (κ2) is 2.44. The molecule has 3 nitrogen and oxygen atoms in total. The van der Waals surface area contributed by atoms with Crippen LogP contribution in [0.2, 0.25) is 0 Å². The highest BCUT2D eigenvalue weighted by molar-refractivity contribution is 4.64. The normalized spacial score (nSPS) is 39.8. The molecule has 1 fully saturated rings. The Hall–Kier alpha value is -0.120. The predicted octanol–water partition coefficient (Wildman–Crippen LogP) is -0.603. The lowest BCUT2D eigenvalue weighted by Gasteiger charge is -2.23. The van der Waals surface area contributed by atoms with Gasteiger partial charge in [0, 0.05) is 0 Å². The van der Waals surface area contributed by atoms with E-state index < -0.39 is 12.5 Å². The molecule has 0 aromatic heterocycles. The lowest BCUT2D eigenvalue weighted by molar-refractivity contribution is 0.00435. The van der Waals surface area contributed by atoms with Crippen LogP contribution in [-0.4, -0.2) is 22.7 Å². The fourth-order valence-electron chi connectivity index (χ4n) is 0.893. The van der Waals surface area contributed by atoms with Gasteiger partial charge >= 0.3 is 0 Å². The van der Waals surface area contributed by atoms with Gasteiger partial charge in [0.15, 0.2) is 0 Å². The lowest BCUT2D eigenvalue weighted by atomic mass is 10.1. The molecular weight excluding hydrogens is 106 g/mol. The average molecular weight is 117 g/mol.